The van der Waals surface area contributed by atoms with Crippen LogP contribution in [-0.4, -0.2) is 28.6 Å². The Bertz CT molecular complexity index is 142. The lowest BCUT2D eigenvalue weighted by Crippen LogP contribution is -2.52. The van der Waals surface area contributed by atoms with Gasteiger partial charge in [-0.15, -0.1) is 0 Å². The molecule has 0 amide bonds. The van der Waals surface area contributed by atoms with Crippen molar-refractivity contribution in [3.8, 4) is 0 Å². The normalized spacial score (nSPS) is 18.2. The zero-order chi connectivity index (χ0) is 10.4. The molecule has 1 saturated carbocycles. The van der Waals surface area contributed by atoms with Crippen LogP contribution in [0.3, 0.4) is 0 Å². The molecule has 0 aromatic heterocycles. The highest BCUT2D eigenvalue weighted by atomic mass is 28.4. The Kier molecular flexibility index (Phi) is 5.09. The third-order valence-electron chi connectivity index (χ3n) is 2.64. The molecule has 0 saturated heterocycles. The Hall–Kier alpha value is 0.0969. The van der Waals surface area contributed by atoms with Gasteiger partial charge in [-0.1, -0.05) is 6.42 Å². The molecule has 3 nitrogen and oxygen atoms in total. The molecule has 0 bridgehead atoms. The van der Waals surface area contributed by atoms with Crippen LogP contribution in [0.1, 0.15) is 40.0 Å². The van der Waals surface area contributed by atoms with E-state index in [1.165, 1.54) is 19.3 Å². The summed E-state index contributed by atoms with van der Waals surface area (Å²) >= 11 is 0. The van der Waals surface area contributed by atoms with Gasteiger partial charge in [-0.05, 0) is 33.6 Å². The van der Waals surface area contributed by atoms with Gasteiger partial charge in [-0.3, -0.25) is 0 Å². The molecule has 0 aromatic carbocycles. The van der Waals surface area contributed by atoms with Crippen LogP contribution in [0.4, 0.5) is 0 Å². The van der Waals surface area contributed by atoms with Crippen LogP contribution in [0.5, 0.6) is 0 Å². The van der Waals surface area contributed by atoms with Crippen LogP contribution in [-0.2, 0) is 13.3 Å². The highest BCUT2D eigenvalue weighted by Crippen LogP contribution is 2.42. The van der Waals surface area contributed by atoms with E-state index in [1.54, 1.807) is 0 Å². The Morgan fingerprint density at radius 3 is 1.57 bits per heavy atom. The fourth-order valence-electron chi connectivity index (χ4n) is 1.84. The van der Waals surface area contributed by atoms with Gasteiger partial charge in [0.15, 0.2) is 0 Å². The molecule has 4 heteroatoms. The third-order valence-corrected chi connectivity index (χ3v) is 6.29. The van der Waals surface area contributed by atoms with Crippen LogP contribution >= 0.6 is 0 Å². The molecule has 0 spiro atoms. The molecule has 0 heterocycles. The van der Waals surface area contributed by atoms with E-state index in [0.29, 0.717) is 25.4 Å². The van der Waals surface area contributed by atoms with E-state index in [0.717, 1.165) is 0 Å². The van der Waals surface area contributed by atoms with Gasteiger partial charge >= 0.3 is 8.80 Å². The molecule has 1 aliphatic rings. The van der Waals surface area contributed by atoms with Crippen molar-refractivity contribution in [3.05, 3.63) is 0 Å². The summed E-state index contributed by atoms with van der Waals surface area (Å²) < 4.78 is 17.4. The highest BCUT2D eigenvalue weighted by Gasteiger charge is 2.51. The molecule has 84 valence electrons. The molecule has 0 atom stereocenters. The van der Waals surface area contributed by atoms with Gasteiger partial charge in [-0.25, -0.2) is 0 Å². The summed E-state index contributed by atoms with van der Waals surface area (Å²) in [6.07, 6.45) is 3.73. The lowest BCUT2D eigenvalue weighted by atomic mass is 10.00. The van der Waals surface area contributed by atoms with Gasteiger partial charge < -0.3 is 13.3 Å². The first-order valence-corrected chi connectivity index (χ1v) is 7.51. The van der Waals surface area contributed by atoms with E-state index in [1.807, 2.05) is 20.8 Å². The molecule has 0 radical (unpaired) electrons. The molecule has 0 aromatic rings. The molecule has 1 aliphatic carbocycles. The second-order valence-corrected chi connectivity index (χ2v) is 6.42. The predicted molar refractivity (Wildman–Crippen MR) is 58.2 cm³/mol. The van der Waals surface area contributed by atoms with Crippen molar-refractivity contribution in [2.75, 3.05) is 19.8 Å². The minimum absolute atomic E-state index is 0.558. The number of rotatable bonds is 7. The minimum Gasteiger partial charge on any atom is -0.374 e. The second kappa shape index (κ2) is 5.85. The Balaban J connectivity index is 2.60. The monoisotopic (exact) mass is 218 g/mol. The van der Waals surface area contributed by atoms with Crippen molar-refractivity contribution in [2.45, 2.75) is 45.6 Å². The fourth-order valence-corrected chi connectivity index (χ4v) is 5.12. The van der Waals surface area contributed by atoms with E-state index in [9.17, 15) is 0 Å². The molecule has 0 N–H and O–H groups in total. The summed E-state index contributed by atoms with van der Waals surface area (Å²) in [5.41, 5.74) is 0.558. The number of hydrogen-bond donors (Lipinski definition) is 0. The van der Waals surface area contributed by atoms with Crippen LogP contribution in [0, 0.1) is 0 Å². The Morgan fingerprint density at radius 1 is 0.929 bits per heavy atom. The minimum atomic E-state index is -2.31. The molecule has 0 unspecified atom stereocenters. The fraction of sp³-hybridized carbons (Fsp3) is 1.00. The smallest absolute Gasteiger partial charge is 0.374 e. The number of hydrogen-bond acceptors (Lipinski definition) is 3. The van der Waals surface area contributed by atoms with E-state index >= 15 is 0 Å². The molecule has 14 heavy (non-hydrogen) atoms. The molecular weight excluding hydrogens is 196 g/mol. The summed E-state index contributed by atoms with van der Waals surface area (Å²) in [4.78, 5) is 0. The summed E-state index contributed by atoms with van der Waals surface area (Å²) in [7, 11) is -2.31. The highest BCUT2D eigenvalue weighted by molar-refractivity contribution is 6.62. The second-order valence-electron chi connectivity index (χ2n) is 3.53. The lowest BCUT2D eigenvalue weighted by molar-refractivity contribution is 0.0511. The van der Waals surface area contributed by atoms with Crippen molar-refractivity contribution >= 4 is 8.80 Å². The summed E-state index contributed by atoms with van der Waals surface area (Å²) in [5.74, 6) is 0. The largest absolute Gasteiger partial charge is 0.504 e. The maximum absolute atomic E-state index is 5.81. The summed E-state index contributed by atoms with van der Waals surface area (Å²) in [5, 5.41) is 0. The van der Waals surface area contributed by atoms with Crippen LogP contribution in [0.25, 0.3) is 0 Å². The molecule has 1 fully saturated rings. The first-order chi connectivity index (χ1) is 6.79. The topological polar surface area (TPSA) is 27.7 Å². The first kappa shape index (κ1) is 12.2. The standard InChI is InChI=1S/C10H22O3Si/c1-4-11-14(12-5-2,13-6-3)10-8-7-9-10/h10H,4-9H2,1-3H3. The van der Waals surface area contributed by atoms with Gasteiger partial charge in [0, 0.05) is 25.4 Å². The van der Waals surface area contributed by atoms with E-state index in [-0.39, 0.29) is 0 Å². The Labute approximate surface area is 88.1 Å². The van der Waals surface area contributed by atoms with Gasteiger partial charge in [-0.2, -0.15) is 0 Å². The van der Waals surface area contributed by atoms with E-state index < -0.39 is 8.80 Å². The van der Waals surface area contributed by atoms with Crippen molar-refractivity contribution in [1.82, 2.24) is 0 Å². The zero-order valence-electron chi connectivity index (χ0n) is 9.54. The average molecular weight is 218 g/mol. The van der Waals surface area contributed by atoms with Crippen LogP contribution in [0.2, 0.25) is 5.54 Å². The molecular formula is C10H22O3Si. The maximum Gasteiger partial charge on any atom is 0.504 e. The zero-order valence-corrected chi connectivity index (χ0v) is 10.5. The SMILES string of the molecule is CCO[Si](OCC)(OCC)C1CCC1. The molecule has 0 aliphatic heterocycles. The summed E-state index contributed by atoms with van der Waals surface area (Å²) in [6.45, 7) is 8.13. The first-order valence-electron chi connectivity index (χ1n) is 5.70. The quantitative estimate of drug-likeness (QED) is 0.615. The third kappa shape index (κ3) is 2.57. The van der Waals surface area contributed by atoms with Crippen molar-refractivity contribution in [2.24, 2.45) is 0 Å². The van der Waals surface area contributed by atoms with Crippen molar-refractivity contribution in [1.29, 1.82) is 0 Å². The van der Waals surface area contributed by atoms with E-state index in [4.69, 9.17) is 13.3 Å². The predicted octanol–water partition coefficient (Wildman–Crippen LogP) is 2.59. The van der Waals surface area contributed by atoms with Gasteiger partial charge in [0.05, 0.1) is 0 Å². The van der Waals surface area contributed by atoms with Crippen molar-refractivity contribution in [3.63, 3.8) is 0 Å². The lowest BCUT2D eigenvalue weighted by Gasteiger charge is -2.39. The van der Waals surface area contributed by atoms with Crippen LogP contribution < -0.4 is 0 Å². The maximum atomic E-state index is 5.81. The molecule has 1 rings (SSSR count). The average Bonchev–Trinajstić information content (AvgIpc) is 2.02. The van der Waals surface area contributed by atoms with Gasteiger partial charge in [0.25, 0.3) is 0 Å². The van der Waals surface area contributed by atoms with Gasteiger partial charge in [0.1, 0.15) is 0 Å². The van der Waals surface area contributed by atoms with Crippen molar-refractivity contribution < 1.29 is 13.3 Å². The van der Waals surface area contributed by atoms with Crippen LogP contribution in [0.15, 0.2) is 0 Å². The van der Waals surface area contributed by atoms with Gasteiger partial charge in [0.2, 0.25) is 0 Å². The Morgan fingerprint density at radius 2 is 1.36 bits per heavy atom. The summed E-state index contributed by atoms with van der Waals surface area (Å²) in [6, 6.07) is 0. The van der Waals surface area contributed by atoms with E-state index in [2.05, 4.69) is 0 Å².